The Morgan fingerprint density at radius 1 is 0.840 bits per heavy atom. The zero-order chi connectivity index (χ0) is 17.2. The molecule has 2 atom stereocenters. The van der Waals surface area contributed by atoms with E-state index < -0.39 is 0 Å². The highest BCUT2D eigenvalue weighted by Gasteiger charge is 2.29. The summed E-state index contributed by atoms with van der Waals surface area (Å²) in [7, 11) is 0. The van der Waals surface area contributed by atoms with Crippen molar-refractivity contribution in [2.45, 2.75) is 40.6 Å². The van der Waals surface area contributed by atoms with Gasteiger partial charge in [0.05, 0.1) is 0 Å². The van der Waals surface area contributed by atoms with E-state index in [1.165, 1.54) is 38.5 Å². The first-order valence-electron chi connectivity index (χ1n) is 8.74. The van der Waals surface area contributed by atoms with E-state index in [1.54, 1.807) is 0 Å². The van der Waals surface area contributed by atoms with E-state index in [0.29, 0.717) is 10.5 Å². The van der Waals surface area contributed by atoms with Crippen molar-refractivity contribution >= 4 is 23.5 Å². The van der Waals surface area contributed by atoms with Crippen molar-refractivity contribution in [2.24, 2.45) is 0 Å². The van der Waals surface area contributed by atoms with E-state index in [4.69, 9.17) is 0 Å². The third-order valence-corrected chi connectivity index (χ3v) is 7.33. The van der Waals surface area contributed by atoms with Gasteiger partial charge in [0.2, 0.25) is 0 Å². The number of fused-ring (bicyclic) bond motifs is 1. The number of rotatable bonds is 3. The molecule has 0 spiro atoms. The van der Waals surface area contributed by atoms with Gasteiger partial charge in [-0.25, -0.2) is 0 Å². The Labute approximate surface area is 159 Å². The Hall–Kier alpha value is -1.64. The number of hydrogen-bond donors (Lipinski definition) is 0. The number of benzene rings is 3. The van der Waals surface area contributed by atoms with Crippen LogP contribution < -0.4 is 0 Å². The first kappa shape index (κ1) is 16.8. The minimum absolute atomic E-state index is 0.504. The van der Waals surface area contributed by atoms with Crippen LogP contribution in [0, 0.1) is 13.8 Å². The lowest BCUT2D eigenvalue weighted by Crippen LogP contribution is -2.09. The Balaban J connectivity index is 1.68. The van der Waals surface area contributed by atoms with Crippen molar-refractivity contribution in [3.63, 3.8) is 0 Å². The third-order valence-electron chi connectivity index (χ3n) is 4.68. The van der Waals surface area contributed by atoms with Gasteiger partial charge in [0.15, 0.2) is 0 Å². The van der Waals surface area contributed by atoms with Crippen LogP contribution in [0.2, 0.25) is 0 Å². The molecule has 3 aromatic carbocycles. The molecule has 1 aliphatic heterocycles. The SMILES string of the molecule is Cc1ccc(S[C@H]2C[C@H](c3ccccc3)Sc3ccc(C)cc32)cc1. The van der Waals surface area contributed by atoms with Gasteiger partial charge in [-0.15, -0.1) is 23.5 Å². The van der Waals surface area contributed by atoms with E-state index in [0.717, 1.165) is 0 Å². The Bertz CT molecular complexity index is 853. The van der Waals surface area contributed by atoms with E-state index in [2.05, 4.69) is 86.6 Å². The lowest BCUT2D eigenvalue weighted by molar-refractivity contribution is 0.754. The topological polar surface area (TPSA) is 0 Å². The van der Waals surface area contributed by atoms with Crippen LogP contribution in [0.1, 0.15) is 39.2 Å². The van der Waals surface area contributed by atoms with Gasteiger partial charge in [-0.2, -0.15) is 0 Å². The number of hydrogen-bond acceptors (Lipinski definition) is 2. The van der Waals surface area contributed by atoms with Crippen molar-refractivity contribution in [2.75, 3.05) is 0 Å². The summed E-state index contributed by atoms with van der Waals surface area (Å²) in [5, 5.41) is 1.03. The molecule has 0 radical (unpaired) electrons. The Morgan fingerprint density at radius 2 is 1.56 bits per heavy atom. The normalized spacial score (nSPS) is 19.4. The highest BCUT2D eigenvalue weighted by molar-refractivity contribution is 8.01. The molecule has 0 unspecified atom stereocenters. The summed E-state index contributed by atoms with van der Waals surface area (Å²) in [6, 6.07) is 26.8. The molecule has 0 aromatic heterocycles. The second kappa shape index (κ2) is 7.31. The van der Waals surface area contributed by atoms with Crippen molar-refractivity contribution < 1.29 is 0 Å². The molecule has 4 rings (SSSR count). The average molecular weight is 363 g/mol. The largest absolute Gasteiger partial charge is 0.118 e. The zero-order valence-corrected chi connectivity index (χ0v) is 16.2. The minimum Gasteiger partial charge on any atom is -0.118 e. The fourth-order valence-corrected chi connectivity index (χ4v) is 6.12. The van der Waals surface area contributed by atoms with E-state index in [-0.39, 0.29) is 0 Å². The van der Waals surface area contributed by atoms with Gasteiger partial charge in [-0.05, 0) is 49.6 Å². The molecule has 0 amide bonds. The average Bonchev–Trinajstić information content (AvgIpc) is 2.64. The molecule has 0 N–H and O–H groups in total. The first-order chi connectivity index (χ1) is 12.2. The fourth-order valence-electron chi connectivity index (χ4n) is 3.31. The van der Waals surface area contributed by atoms with Gasteiger partial charge >= 0.3 is 0 Å². The molecule has 0 nitrogen and oxygen atoms in total. The van der Waals surface area contributed by atoms with Crippen LogP contribution in [0.4, 0.5) is 0 Å². The third kappa shape index (κ3) is 3.80. The molecule has 3 aromatic rings. The quantitative estimate of drug-likeness (QED) is 0.477. The molecule has 0 aliphatic carbocycles. The van der Waals surface area contributed by atoms with Crippen molar-refractivity contribution in [3.05, 3.63) is 95.1 Å². The summed E-state index contributed by atoms with van der Waals surface area (Å²) in [5.74, 6) is 0. The van der Waals surface area contributed by atoms with Gasteiger partial charge in [0.25, 0.3) is 0 Å². The minimum atomic E-state index is 0.504. The van der Waals surface area contributed by atoms with Crippen molar-refractivity contribution in [1.82, 2.24) is 0 Å². The second-order valence-electron chi connectivity index (χ2n) is 6.71. The lowest BCUT2D eigenvalue weighted by Gasteiger charge is -2.31. The van der Waals surface area contributed by atoms with E-state index >= 15 is 0 Å². The smallest absolute Gasteiger partial charge is 0.0369 e. The summed E-state index contributed by atoms with van der Waals surface area (Å²) in [4.78, 5) is 2.80. The van der Waals surface area contributed by atoms with Gasteiger partial charge < -0.3 is 0 Å². The van der Waals surface area contributed by atoms with Crippen LogP contribution in [0.25, 0.3) is 0 Å². The van der Waals surface area contributed by atoms with Crippen LogP contribution in [-0.2, 0) is 0 Å². The standard InChI is InChI=1S/C23H22S2/c1-16-8-11-19(12-9-16)24-23-15-22(18-6-4-3-5-7-18)25-21-13-10-17(2)14-20(21)23/h3-14,22-23H,15H2,1-2H3/t22-,23+/m1/s1. The number of thioether (sulfide) groups is 2. The van der Waals surface area contributed by atoms with Gasteiger partial charge in [-0.1, -0.05) is 65.7 Å². The zero-order valence-electron chi connectivity index (χ0n) is 14.6. The van der Waals surface area contributed by atoms with Gasteiger partial charge in [0.1, 0.15) is 0 Å². The second-order valence-corrected chi connectivity index (χ2v) is 9.23. The maximum Gasteiger partial charge on any atom is 0.0369 e. The highest BCUT2D eigenvalue weighted by atomic mass is 32.2. The molecule has 0 bridgehead atoms. The first-order valence-corrected chi connectivity index (χ1v) is 10.5. The summed E-state index contributed by atoms with van der Waals surface area (Å²) in [6.07, 6.45) is 1.17. The van der Waals surface area contributed by atoms with E-state index in [9.17, 15) is 0 Å². The molecular weight excluding hydrogens is 340 g/mol. The molecule has 126 valence electrons. The summed E-state index contributed by atoms with van der Waals surface area (Å²) >= 11 is 4.03. The summed E-state index contributed by atoms with van der Waals surface area (Å²) in [6.45, 7) is 4.34. The van der Waals surface area contributed by atoms with Gasteiger partial charge in [-0.3, -0.25) is 0 Å². The van der Waals surface area contributed by atoms with Crippen LogP contribution in [-0.4, -0.2) is 0 Å². The maximum atomic E-state index is 2.38. The molecule has 1 heterocycles. The molecular formula is C23H22S2. The van der Waals surface area contributed by atoms with Crippen molar-refractivity contribution in [1.29, 1.82) is 0 Å². The Morgan fingerprint density at radius 3 is 2.32 bits per heavy atom. The van der Waals surface area contributed by atoms with Crippen LogP contribution in [0.3, 0.4) is 0 Å². The summed E-state index contributed by atoms with van der Waals surface area (Å²) < 4.78 is 0. The van der Waals surface area contributed by atoms with Crippen LogP contribution in [0.15, 0.2) is 82.6 Å². The predicted octanol–water partition coefficient (Wildman–Crippen LogP) is 7.37. The van der Waals surface area contributed by atoms with Crippen molar-refractivity contribution in [3.8, 4) is 0 Å². The molecule has 25 heavy (non-hydrogen) atoms. The van der Waals surface area contributed by atoms with E-state index in [1.807, 2.05) is 23.5 Å². The predicted molar refractivity (Wildman–Crippen MR) is 111 cm³/mol. The highest BCUT2D eigenvalue weighted by Crippen LogP contribution is 2.54. The van der Waals surface area contributed by atoms with Crippen LogP contribution >= 0.6 is 23.5 Å². The Kier molecular flexibility index (Phi) is 4.91. The summed E-state index contributed by atoms with van der Waals surface area (Å²) in [5.41, 5.74) is 5.62. The molecule has 2 heteroatoms. The molecule has 0 fully saturated rings. The molecule has 0 saturated heterocycles. The monoisotopic (exact) mass is 362 g/mol. The fraction of sp³-hybridized carbons (Fsp3) is 0.217. The lowest BCUT2D eigenvalue weighted by atomic mass is 10.0. The van der Waals surface area contributed by atoms with Gasteiger partial charge in [0, 0.05) is 20.3 Å². The maximum absolute atomic E-state index is 2.38. The molecule has 0 saturated carbocycles. The van der Waals surface area contributed by atoms with Crippen LogP contribution in [0.5, 0.6) is 0 Å². The molecule has 1 aliphatic rings. The number of aryl methyl sites for hydroxylation is 2.